The Morgan fingerprint density at radius 2 is 2.39 bits per heavy atom. The van der Waals surface area contributed by atoms with Gasteiger partial charge in [-0.05, 0) is 42.5 Å². The molecular formula is C15H18N2O. The third kappa shape index (κ3) is 2.84. The first-order valence-electron chi connectivity index (χ1n) is 6.32. The van der Waals surface area contributed by atoms with Crippen LogP contribution in [0.1, 0.15) is 42.9 Å². The van der Waals surface area contributed by atoms with E-state index < -0.39 is 0 Å². The average Bonchev–Trinajstić information content (AvgIpc) is 2.36. The molecule has 2 rings (SSSR count). The molecule has 0 aromatic heterocycles. The normalized spacial score (nSPS) is 17.6. The second kappa shape index (κ2) is 5.59. The van der Waals surface area contributed by atoms with Gasteiger partial charge in [0, 0.05) is 18.5 Å². The lowest BCUT2D eigenvalue weighted by Gasteiger charge is -2.26. The number of amides is 1. The number of benzene rings is 1. The van der Waals surface area contributed by atoms with Gasteiger partial charge in [-0.3, -0.25) is 4.79 Å². The van der Waals surface area contributed by atoms with E-state index in [2.05, 4.69) is 11.2 Å². The van der Waals surface area contributed by atoms with Gasteiger partial charge in [-0.15, -0.1) is 12.3 Å². The molecule has 0 saturated carbocycles. The van der Waals surface area contributed by atoms with E-state index >= 15 is 0 Å². The van der Waals surface area contributed by atoms with Gasteiger partial charge in [0.1, 0.15) is 0 Å². The summed E-state index contributed by atoms with van der Waals surface area (Å²) in [4.78, 5) is 11.7. The van der Waals surface area contributed by atoms with Crippen LogP contribution in [0.4, 0.5) is 5.69 Å². The van der Waals surface area contributed by atoms with Crippen molar-refractivity contribution in [3.63, 3.8) is 0 Å². The van der Waals surface area contributed by atoms with Crippen LogP contribution in [0.15, 0.2) is 18.2 Å². The smallest absolute Gasteiger partial charge is 0.221 e. The minimum Gasteiger partial charge on any atom is -0.399 e. The maximum absolute atomic E-state index is 11.7. The number of carbonyl (C=O) groups is 1. The summed E-state index contributed by atoms with van der Waals surface area (Å²) >= 11 is 0. The van der Waals surface area contributed by atoms with Crippen molar-refractivity contribution in [2.45, 2.75) is 38.1 Å². The molecule has 18 heavy (non-hydrogen) atoms. The summed E-state index contributed by atoms with van der Waals surface area (Å²) in [6, 6.07) is 6.04. The quantitative estimate of drug-likeness (QED) is 0.630. The van der Waals surface area contributed by atoms with E-state index in [4.69, 9.17) is 12.2 Å². The number of anilines is 1. The Labute approximate surface area is 108 Å². The molecule has 0 saturated heterocycles. The number of rotatable bonds is 3. The van der Waals surface area contributed by atoms with Crippen LogP contribution in [-0.2, 0) is 11.2 Å². The monoisotopic (exact) mass is 242 g/mol. The van der Waals surface area contributed by atoms with Crippen molar-refractivity contribution in [3.8, 4) is 12.3 Å². The van der Waals surface area contributed by atoms with Crippen molar-refractivity contribution in [1.29, 1.82) is 0 Å². The van der Waals surface area contributed by atoms with Crippen LogP contribution < -0.4 is 11.1 Å². The Morgan fingerprint density at radius 1 is 1.56 bits per heavy atom. The molecule has 1 atom stereocenters. The molecule has 0 bridgehead atoms. The van der Waals surface area contributed by atoms with E-state index in [1.165, 1.54) is 11.1 Å². The lowest BCUT2D eigenvalue weighted by atomic mass is 9.87. The van der Waals surface area contributed by atoms with Gasteiger partial charge < -0.3 is 11.1 Å². The van der Waals surface area contributed by atoms with Crippen LogP contribution in [0.25, 0.3) is 0 Å². The molecule has 0 radical (unpaired) electrons. The summed E-state index contributed by atoms with van der Waals surface area (Å²) < 4.78 is 0. The Bertz CT molecular complexity index is 488. The van der Waals surface area contributed by atoms with E-state index in [0.29, 0.717) is 12.8 Å². The summed E-state index contributed by atoms with van der Waals surface area (Å²) in [7, 11) is 0. The largest absolute Gasteiger partial charge is 0.399 e. The van der Waals surface area contributed by atoms with Gasteiger partial charge in [-0.1, -0.05) is 6.07 Å². The van der Waals surface area contributed by atoms with Crippen LogP contribution in [0, 0.1) is 12.3 Å². The molecule has 1 amide bonds. The molecule has 94 valence electrons. The van der Waals surface area contributed by atoms with Gasteiger partial charge in [0.25, 0.3) is 0 Å². The zero-order valence-corrected chi connectivity index (χ0v) is 10.4. The highest BCUT2D eigenvalue weighted by atomic mass is 16.1. The minimum absolute atomic E-state index is 0.0302. The summed E-state index contributed by atoms with van der Waals surface area (Å²) in [6.45, 7) is 0. The highest BCUT2D eigenvalue weighted by molar-refractivity contribution is 5.76. The first kappa shape index (κ1) is 12.5. The first-order valence-corrected chi connectivity index (χ1v) is 6.32. The van der Waals surface area contributed by atoms with Gasteiger partial charge in [-0.25, -0.2) is 0 Å². The molecule has 1 aliphatic rings. The van der Waals surface area contributed by atoms with Crippen LogP contribution in [0.2, 0.25) is 0 Å². The van der Waals surface area contributed by atoms with Gasteiger partial charge in [0.05, 0.1) is 6.04 Å². The Balaban J connectivity index is 2.08. The highest BCUT2D eigenvalue weighted by Gasteiger charge is 2.21. The lowest BCUT2D eigenvalue weighted by molar-refractivity contribution is -0.121. The zero-order valence-electron chi connectivity index (χ0n) is 10.4. The van der Waals surface area contributed by atoms with Crippen molar-refractivity contribution >= 4 is 11.6 Å². The number of nitrogen functional groups attached to an aromatic ring is 1. The Morgan fingerprint density at radius 3 is 3.17 bits per heavy atom. The topological polar surface area (TPSA) is 55.1 Å². The fourth-order valence-electron chi connectivity index (χ4n) is 2.44. The highest BCUT2D eigenvalue weighted by Crippen LogP contribution is 2.30. The third-order valence-corrected chi connectivity index (χ3v) is 3.31. The molecular weight excluding hydrogens is 224 g/mol. The third-order valence-electron chi connectivity index (χ3n) is 3.31. The van der Waals surface area contributed by atoms with E-state index in [9.17, 15) is 4.79 Å². The number of hydrogen-bond donors (Lipinski definition) is 2. The molecule has 1 unspecified atom stereocenters. The van der Waals surface area contributed by atoms with Crippen LogP contribution in [0.5, 0.6) is 0 Å². The number of fused-ring (bicyclic) bond motifs is 1. The Hall–Kier alpha value is -1.95. The number of aryl methyl sites for hydroxylation is 1. The van der Waals surface area contributed by atoms with E-state index in [1.54, 1.807) is 0 Å². The molecule has 3 heteroatoms. The SMILES string of the molecule is C#CCCC(=O)NC1CCCc2cc(N)ccc21. The fourth-order valence-corrected chi connectivity index (χ4v) is 2.44. The van der Waals surface area contributed by atoms with Crippen molar-refractivity contribution < 1.29 is 4.79 Å². The molecule has 1 aromatic carbocycles. The fraction of sp³-hybridized carbons (Fsp3) is 0.400. The standard InChI is InChI=1S/C15H18N2O/c1-2-3-7-15(18)17-14-6-4-5-11-10-12(16)8-9-13(11)14/h1,8-10,14H,3-7,16H2,(H,17,18). The number of nitrogens with one attached hydrogen (secondary N) is 1. The molecule has 1 aromatic rings. The summed E-state index contributed by atoms with van der Waals surface area (Å²) in [5.74, 6) is 2.52. The molecule has 0 heterocycles. The van der Waals surface area contributed by atoms with E-state index in [1.807, 2.05) is 18.2 Å². The predicted octanol–water partition coefficient (Wildman–Crippen LogP) is 2.18. The predicted molar refractivity (Wildman–Crippen MR) is 72.7 cm³/mol. The van der Waals surface area contributed by atoms with Crippen molar-refractivity contribution in [3.05, 3.63) is 29.3 Å². The lowest BCUT2D eigenvalue weighted by Crippen LogP contribution is -2.30. The molecule has 1 aliphatic carbocycles. The van der Waals surface area contributed by atoms with Crippen LogP contribution in [0.3, 0.4) is 0 Å². The summed E-state index contributed by atoms with van der Waals surface area (Å²) in [5.41, 5.74) is 9.02. The van der Waals surface area contributed by atoms with Crippen LogP contribution in [-0.4, -0.2) is 5.91 Å². The number of nitrogens with two attached hydrogens (primary N) is 1. The van der Waals surface area contributed by atoms with E-state index in [-0.39, 0.29) is 11.9 Å². The molecule has 0 fully saturated rings. The molecule has 3 N–H and O–H groups in total. The van der Waals surface area contributed by atoms with Crippen LogP contribution >= 0.6 is 0 Å². The molecule has 3 nitrogen and oxygen atoms in total. The van der Waals surface area contributed by atoms with Crippen molar-refractivity contribution in [2.75, 3.05) is 5.73 Å². The van der Waals surface area contributed by atoms with E-state index in [0.717, 1.165) is 24.9 Å². The molecule has 0 aliphatic heterocycles. The van der Waals surface area contributed by atoms with Gasteiger partial charge in [0.2, 0.25) is 5.91 Å². The van der Waals surface area contributed by atoms with Crippen molar-refractivity contribution in [1.82, 2.24) is 5.32 Å². The minimum atomic E-state index is 0.0302. The van der Waals surface area contributed by atoms with Gasteiger partial charge >= 0.3 is 0 Å². The van der Waals surface area contributed by atoms with Gasteiger partial charge in [-0.2, -0.15) is 0 Å². The summed E-state index contributed by atoms with van der Waals surface area (Å²) in [5, 5.41) is 3.05. The molecule has 0 spiro atoms. The second-order valence-corrected chi connectivity index (χ2v) is 4.67. The summed E-state index contributed by atoms with van der Waals surface area (Å²) in [6.07, 6.45) is 9.16. The average molecular weight is 242 g/mol. The number of terminal acetylenes is 1. The maximum Gasteiger partial charge on any atom is 0.221 e. The second-order valence-electron chi connectivity index (χ2n) is 4.67. The zero-order chi connectivity index (χ0) is 13.0. The maximum atomic E-state index is 11.7. The number of carbonyl (C=O) groups excluding carboxylic acids is 1. The van der Waals surface area contributed by atoms with Crippen molar-refractivity contribution in [2.24, 2.45) is 0 Å². The van der Waals surface area contributed by atoms with Gasteiger partial charge in [0.15, 0.2) is 0 Å². The Kier molecular flexibility index (Phi) is 3.88. The first-order chi connectivity index (χ1) is 8.70. The number of hydrogen-bond acceptors (Lipinski definition) is 2.